The zero-order valence-electron chi connectivity index (χ0n) is 10.4. The Balaban J connectivity index is 2.04. The molecule has 100 valence electrons. The molecule has 2 heterocycles. The normalized spacial score (nSPS) is 16.7. The van der Waals surface area contributed by atoms with Gasteiger partial charge in [0.1, 0.15) is 11.6 Å². The smallest absolute Gasteiger partial charge is 0.144 e. The van der Waals surface area contributed by atoms with Gasteiger partial charge < -0.3 is 9.88 Å². The number of aromatic nitrogens is 2. The summed E-state index contributed by atoms with van der Waals surface area (Å²) in [6.07, 6.45) is 5.67. The molecule has 1 saturated heterocycles. The molecule has 1 aromatic carbocycles. The van der Waals surface area contributed by atoms with Gasteiger partial charge in [-0.25, -0.2) is 9.37 Å². The molecule has 2 aromatic rings. The van der Waals surface area contributed by atoms with Gasteiger partial charge in [0.05, 0.1) is 10.6 Å². The second-order valence-corrected chi connectivity index (χ2v) is 5.14. The molecule has 5 heteroatoms. The molecular formula is C14H15ClFN3. The minimum Gasteiger partial charge on any atom is -0.328 e. The van der Waals surface area contributed by atoms with E-state index in [1.54, 1.807) is 18.3 Å². The quantitative estimate of drug-likeness (QED) is 0.914. The molecule has 1 aliphatic heterocycles. The first kappa shape index (κ1) is 12.6. The molecule has 0 radical (unpaired) electrons. The summed E-state index contributed by atoms with van der Waals surface area (Å²) in [5, 5.41) is 3.73. The first-order chi connectivity index (χ1) is 9.27. The SMILES string of the molecule is Fc1cccc(Cl)c1-c1nccn1C1CCNCC1. The van der Waals surface area contributed by atoms with E-state index in [1.165, 1.54) is 6.07 Å². The number of imidazole rings is 1. The third-order valence-electron chi connectivity index (χ3n) is 3.56. The summed E-state index contributed by atoms with van der Waals surface area (Å²) in [5.41, 5.74) is 0.396. The predicted octanol–water partition coefficient (Wildman–Crippen LogP) is 3.27. The summed E-state index contributed by atoms with van der Waals surface area (Å²) in [5.74, 6) is 0.295. The van der Waals surface area contributed by atoms with Gasteiger partial charge in [-0.3, -0.25) is 0 Å². The Bertz CT molecular complexity index is 556. The maximum atomic E-state index is 14.0. The zero-order chi connectivity index (χ0) is 13.2. The second kappa shape index (κ2) is 5.31. The first-order valence-corrected chi connectivity index (χ1v) is 6.83. The fourth-order valence-corrected chi connectivity index (χ4v) is 2.85. The van der Waals surface area contributed by atoms with E-state index in [-0.39, 0.29) is 5.82 Å². The van der Waals surface area contributed by atoms with Crippen LogP contribution >= 0.6 is 11.6 Å². The minimum absolute atomic E-state index is 0.325. The van der Waals surface area contributed by atoms with E-state index in [1.807, 2.05) is 10.8 Å². The number of benzene rings is 1. The Labute approximate surface area is 116 Å². The topological polar surface area (TPSA) is 29.9 Å². The van der Waals surface area contributed by atoms with Gasteiger partial charge in [-0.15, -0.1) is 0 Å². The lowest BCUT2D eigenvalue weighted by Gasteiger charge is -2.25. The number of piperidine rings is 1. The van der Waals surface area contributed by atoms with Crippen LogP contribution in [0.5, 0.6) is 0 Å². The van der Waals surface area contributed by atoms with Gasteiger partial charge in [-0.1, -0.05) is 17.7 Å². The minimum atomic E-state index is -0.325. The highest BCUT2D eigenvalue weighted by atomic mass is 35.5. The van der Waals surface area contributed by atoms with Gasteiger partial charge in [-0.05, 0) is 38.1 Å². The standard InChI is InChI=1S/C14H15ClFN3/c15-11-2-1-3-12(16)13(11)14-18-8-9-19(14)10-4-6-17-7-5-10/h1-3,8-10,17H,4-7H2. The van der Waals surface area contributed by atoms with Crippen molar-refractivity contribution in [1.29, 1.82) is 0 Å². The van der Waals surface area contributed by atoms with Gasteiger partial charge in [0.2, 0.25) is 0 Å². The van der Waals surface area contributed by atoms with Crippen molar-refractivity contribution in [2.45, 2.75) is 18.9 Å². The molecule has 0 bridgehead atoms. The van der Waals surface area contributed by atoms with E-state index >= 15 is 0 Å². The van der Waals surface area contributed by atoms with Crippen molar-refractivity contribution in [2.24, 2.45) is 0 Å². The fourth-order valence-electron chi connectivity index (χ4n) is 2.60. The third-order valence-corrected chi connectivity index (χ3v) is 3.87. The van der Waals surface area contributed by atoms with Gasteiger partial charge in [0, 0.05) is 18.4 Å². The van der Waals surface area contributed by atoms with Crippen LogP contribution in [0.25, 0.3) is 11.4 Å². The summed E-state index contributed by atoms with van der Waals surface area (Å²) in [6, 6.07) is 5.08. The van der Waals surface area contributed by atoms with E-state index in [2.05, 4.69) is 10.3 Å². The largest absolute Gasteiger partial charge is 0.328 e. The Hall–Kier alpha value is -1.39. The number of halogens is 2. The van der Waals surface area contributed by atoms with Crippen LogP contribution in [0.3, 0.4) is 0 Å². The van der Waals surface area contributed by atoms with Gasteiger partial charge >= 0.3 is 0 Å². The van der Waals surface area contributed by atoms with Crippen LogP contribution in [0.2, 0.25) is 5.02 Å². The lowest BCUT2D eigenvalue weighted by molar-refractivity contribution is 0.370. The maximum Gasteiger partial charge on any atom is 0.144 e. The van der Waals surface area contributed by atoms with E-state index in [4.69, 9.17) is 11.6 Å². The van der Waals surface area contributed by atoms with Crippen LogP contribution < -0.4 is 5.32 Å². The molecule has 0 aliphatic carbocycles. The molecule has 1 aromatic heterocycles. The Kier molecular flexibility index (Phi) is 3.53. The van der Waals surface area contributed by atoms with Crippen molar-refractivity contribution in [1.82, 2.24) is 14.9 Å². The van der Waals surface area contributed by atoms with Crippen molar-refractivity contribution in [3.8, 4) is 11.4 Å². The zero-order valence-corrected chi connectivity index (χ0v) is 11.2. The van der Waals surface area contributed by atoms with E-state index in [0.29, 0.717) is 22.5 Å². The van der Waals surface area contributed by atoms with Crippen molar-refractivity contribution in [3.63, 3.8) is 0 Å². The van der Waals surface area contributed by atoms with Crippen molar-refractivity contribution >= 4 is 11.6 Å². The Morgan fingerprint density at radius 1 is 1.32 bits per heavy atom. The molecule has 1 fully saturated rings. The summed E-state index contributed by atoms with van der Waals surface area (Å²) < 4.78 is 16.1. The second-order valence-electron chi connectivity index (χ2n) is 4.74. The Morgan fingerprint density at radius 2 is 2.11 bits per heavy atom. The van der Waals surface area contributed by atoms with Crippen LogP contribution in [0.15, 0.2) is 30.6 Å². The number of nitrogens with zero attached hydrogens (tertiary/aromatic N) is 2. The summed E-state index contributed by atoms with van der Waals surface area (Å²) in [7, 11) is 0. The first-order valence-electron chi connectivity index (χ1n) is 6.45. The molecule has 0 saturated carbocycles. The van der Waals surface area contributed by atoms with E-state index < -0.39 is 0 Å². The molecule has 19 heavy (non-hydrogen) atoms. The van der Waals surface area contributed by atoms with Crippen LogP contribution in [-0.2, 0) is 0 Å². The fraction of sp³-hybridized carbons (Fsp3) is 0.357. The van der Waals surface area contributed by atoms with Gasteiger partial charge in [-0.2, -0.15) is 0 Å². The van der Waals surface area contributed by atoms with Crippen molar-refractivity contribution in [3.05, 3.63) is 41.4 Å². The molecule has 3 rings (SSSR count). The number of nitrogens with one attached hydrogen (secondary N) is 1. The predicted molar refractivity (Wildman–Crippen MR) is 73.8 cm³/mol. The summed E-state index contributed by atoms with van der Waals surface area (Å²) >= 11 is 6.13. The van der Waals surface area contributed by atoms with Crippen LogP contribution in [0.4, 0.5) is 4.39 Å². The van der Waals surface area contributed by atoms with E-state index in [9.17, 15) is 4.39 Å². The molecule has 3 nitrogen and oxygen atoms in total. The molecule has 0 atom stereocenters. The van der Waals surface area contributed by atoms with Crippen LogP contribution in [0.1, 0.15) is 18.9 Å². The number of rotatable bonds is 2. The lowest BCUT2D eigenvalue weighted by Crippen LogP contribution is -2.29. The third kappa shape index (κ3) is 2.38. The number of hydrogen-bond acceptors (Lipinski definition) is 2. The average Bonchev–Trinajstić information content (AvgIpc) is 2.89. The van der Waals surface area contributed by atoms with Gasteiger partial charge in [0.15, 0.2) is 0 Å². The van der Waals surface area contributed by atoms with Crippen LogP contribution in [-0.4, -0.2) is 22.6 Å². The van der Waals surface area contributed by atoms with Crippen molar-refractivity contribution < 1.29 is 4.39 Å². The van der Waals surface area contributed by atoms with Crippen molar-refractivity contribution in [2.75, 3.05) is 13.1 Å². The highest BCUT2D eigenvalue weighted by molar-refractivity contribution is 6.33. The maximum absolute atomic E-state index is 14.0. The summed E-state index contributed by atoms with van der Waals surface area (Å²) in [6.45, 7) is 1.96. The molecular weight excluding hydrogens is 265 g/mol. The highest BCUT2D eigenvalue weighted by Gasteiger charge is 2.21. The molecule has 0 amide bonds. The van der Waals surface area contributed by atoms with E-state index in [0.717, 1.165) is 25.9 Å². The number of hydrogen-bond donors (Lipinski definition) is 1. The molecule has 1 N–H and O–H groups in total. The molecule has 0 spiro atoms. The average molecular weight is 280 g/mol. The highest BCUT2D eigenvalue weighted by Crippen LogP contribution is 2.32. The lowest BCUT2D eigenvalue weighted by atomic mass is 10.1. The molecule has 1 aliphatic rings. The molecule has 0 unspecified atom stereocenters. The Morgan fingerprint density at radius 3 is 2.84 bits per heavy atom. The van der Waals surface area contributed by atoms with Crippen LogP contribution in [0, 0.1) is 5.82 Å². The monoisotopic (exact) mass is 279 g/mol. The summed E-state index contributed by atoms with van der Waals surface area (Å²) in [4.78, 5) is 4.30. The van der Waals surface area contributed by atoms with Gasteiger partial charge in [0.25, 0.3) is 0 Å².